The summed E-state index contributed by atoms with van der Waals surface area (Å²) in [6.07, 6.45) is 5.17. The van der Waals surface area contributed by atoms with Crippen molar-refractivity contribution in [3.8, 4) is 5.75 Å². The fourth-order valence-electron chi connectivity index (χ4n) is 3.52. The van der Waals surface area contributed by atoms with Crippen molar-refractivity contribution < 1.29 is 13.9 Å². The third-order valence-corrected chi connectivity index (χ3v) is 4.53. The van der Waals surface area contributed by atoms with Gasteiger partial charge in [-0.3, -0.25) is 4.79 Å². The lowest BCUT2D eigenvalue weighted by Gasteiger charge is -2.39. The van der Waals surface area contributed by atoms with Gasteiger partial charge in [-0.05, 0) is 37.8 Å². The molecule has 2 atom stereocenters. The smallest absolute Gasteiger partial charge is 0.169 e. The Hall–Kier alpha value is -1.42. The first-order chi connectivity index (χ1) is 9.67. The number of Topliss-reactive ketones (excluding diaryl/α,β-unsaturated/α-hetero) is 1. The van der Waals surface area contributed by atoms with Crippen LogP contribution in [-0.4, -0.2) is 25.0 Å². The van der Waals surface area contributed by atoms with E-state index in [9.17, 15) is 9.18 Å². The van der Waals surface area contributed by atoms with E-state index in [1.807, 2.05) is 0 Å². The molecule has 0 radical (unpaired) electrons. The Balaban J connectivity index is 1.78. The molecule has 3 nitrogen and oxygen atoms in total. The normalized spacial score (nSPS) is 29.0. The standard InChI is InChI=1S/C16H20FNO2/c1-20-13-5-6-14(15(17)9-13)16(19)10-7-11-3-2-4-12(8-10)18-11/h5-6,9-12,18H,2-4,7-8H2,1H3. The highest BCUT2D eigenvalue weighted by atomic mass is 19.1. The van der Waals surface area contributed by atoms with Gasteiger partial charge >= 0.3 is 0 Å². The topological polar surface area (TPSA) is 38.3 Å². The summed E-state index contributed by atoms with van der Waals surface area (Å²) in [6, 6.07) is 5.34. The van der Waals surface area contributed by atoms with Gasteiger partial charge in [-0.15, -0.1) is 0 Å². The summed E-state index contributed by atoms with van der Waals surface area (Å²) in [5, 5.41) is 3.56. The Bertz CT molecular complexity index is 505. The van der Waals surface area contributed by atoms with E-state index < -0.39 is 5.82 Å². The molecular weight excluding hydrogens is 257 g/mol. The number of fused-ring (bicyclic) bond motifs is 2. The second kappa shape index (κ2) is 5.52. The number of hydrogen-bond donors (Lipinski definition) is 1. The summed E-state index contributed by atoms with van der Waals surface area (Å²) >= 11 is 0. The van der Waals surface area contributed by atoms with Gasteiger partial charge in [-0.2, -0.15) is 0 Å². The maximum Gasteiger partial charge on any atom is 0.169 e. The monoisotopic (exact) mass is 277 g/mol. The number of piperidine rings is 2. The molecule has 1 N–H and O–H groups in total. The van der Waals surface area contributed by atoms with E-state index in [1.165, 1.54) is 19.6 Å². The first kappa shape index (κ1) is 13.6. The summed E-state index contributed by atoms with van der Waals surface area (Å²) in [5.74, 6) is -0.128. The number of methoxy groups -OCH3 is 1. The largest absolute Gasteiger partial charge is 0.497 e. The third-order valence-electron chi connectivity index (χ3n) is 4.53. The van der Waals surface area contributed by atoms with Crippen LogP contribution < -0.4 is 10.1 Å². The second-order valence-electron chi connectivity index (χ2n) is 5.87. The fraction of sp³-hybridized carbons (Fsp3) is 0.562. The SMILES string of the molecule is COc1ccc(C(=O)C2CC3CCCC(C2)N3)c(F)c1. The van der Waals surface area contributed by atoms with Gasteiger partial charge in [-0.25, -0.2) is 4.39 Å². The molecule has 108 valence electrons. The lowest BCUT2D eigenvalue weighted by atomic mass is 9.77. The Morgan fingerprint density at radius 2 is 2.00 bits per heavy atom. The van der Waals surface area contributed by atoms with E-state index in [4.69, 9.17) is 4.74 Å². The molecule has 0 aliphatic carbocycles. The van der Waals surface area contributed by atoms with Gasteiger partial charge in [-0.1, -0.05) is 6.42 Å². The number of benzene rings is 1. The van der Waals surface area contributed by atoms with E-state index in [0.29, 0.717) is 17.8 Å². The van der Waals surface area contributed by atoms with Crippen LogP contribution in [-0.2, 0) is 0 Å². The molecule has 0 spiro atoms. The average molecular weight is 277 g/mol. The molecule has 3 rings (SSSR count). The summed E-state index contributed by atoms with van der Waals surface area (Å²) < 4.78 is 19.0. The highest BCUT2D eigenvalue weighted by Crippen LogP contribution is 2.32. The minimum Gasteiger partial charge on any atom is -0.497 e. The van der Waals surface area contributed by atoms with Crippen molar-refractivity contribution in [1.29, 1.82) is 0 Å². The van der Waals surface area contributed by atoms with E-state index in [0.717, 1.165) is 25.7 Å². The number of hydrogen-bond acceptors (Lipinski definition) is 3. The quantitative estimate of drug-likeness (QED) is 0.863. The molecule has 2 saturated heterocycles. The van der Waals surface area contributed by atoms with Crippen molar-refractivity contribution in [2.45, 2.75) is 44.2 Å². The van der Waals surface area contributed by atoms with E-state index in [-0.39, 0.29) is 17.3 Å². The van der Waals surface area contributed by atoms with Crippen LogP contribution in [0.25, 0.3) is 0 Å². The number of halogens is 1. The molecule has 2 bridgehead atoms. The maximum atomic E-state index is 14.0. The van der Waals surface area contributed by atoms with E-state index in [2.05, 4.69) is 5.32 Å². The predicted octanol–water partition coefficient (Wildman–Crippen LogP) is 2.94. The Morgan fingerprint density at radius 1 is 1.30 bits per heavy atom. The van der Waals surface area contributed by atoms with Crippen LogP contribution in [0.15, 0.2) is 18.2 Å². The molecule has 0 saturated carbocycles. The molecule has 2 fully saturated rings. The summed E-state index contributed by atoms with van der Waals surface area (Å²) in [4.78, 5) is 12.5. The second-order valence-corrected chi connectivity index (χ2v) is 5.87. The van der Waals surface area contributed by atoms with Gasteiger partial charge in [0, 0.05) is 24.1 Å². The van der Waals surface area contributed by atoms with E-state index in [1.54, 1.807) is 12.1 Å². The summed E-state index contributed by atoms with van der Waals surface area (Å²) in [5.41, 5.74) is 0.204. The minimum atomic E-state index is -0.474. The molecular formula is C16H20FNO2. The van der Waals surface area contributed by atoms with Crippen LogP contribution in [0, 0.1) is 11.7 Å². The van der Waals surface area contributed by atoms with Crippen molar-refractivity contribution in [3.05, 3.63) is 29.6 Å². The van der Waals surface area contributed by atoms with Gasteiger partial charge in [0.15, 0.2) is 5.78 Å². The van der Waals surface area contributed by atoms with Crippen LogP contribution in [0.2, 0.25) is 0 Å². The zero-order chi connectivity index (χ0) is 14.1. The predicted molar refractivity (Wildman–Crippen MR) is 74.6 cm³/mol. The van der Waals surface area contributed by atoms with Crippen LogP contribution in [0.4, 0.5) is 4.39 Å². The lowest BCUT2D eigenvalue weighted by molar-refractivity contribution is 0.0821. The molecule has 1 aromatic carbocycles. The van der Waals surface area contributed by atoms with Crippen molar-refractivity contribution in [1.82, 2.24) is 5.32 Å². The number of nitrogens with one attached hydrogen (secondary N) is 1. The molecule has 2 aliphatic heterocycles. The number of ketones is 1. The highest BCUT2D eigenvalue weighted by Gasteiger charge is 2.35. The Kier molecular flexibility index (Phi) is 3.74. The summed E-state index contributed by atoms with van der Waals surface area (Å²) in [6.45, 7) is 0. The van der Waals surface area contributed by atoms with Crippen LogP contribution in [0.3, 0.4) is 0 Å². The number of carbonyl (C=O) groups excluding carboxylic acids is 1. The molecule has 0 aromatic heterocycles. The number of carbonyl (C=O) groups is 1. The van der Waals surface area contributed by atoms with Crippen molar-refractivity contribution in [2.24, 2.45) is 5.92 Å². The van der Waals surface area contributed by atoms with Gasteiger partial charge in [0.25, 0.3) is 0 Å². The first-order valence-corrected chi connectivity index (χ1v) is 7.31. The van der Waals surface area contributed by atoms with Crippen molar-refractivity contribution in [3.63, 3.8) is 0 Å². The molecule has 2 heterocycles. The maximum absolute atomic E-state index is 14.0. The average Bonchev–Trinajstić information content (AvgIpc) is 2.46. The minimum absolute atomic E-state index is 0.0468. The zero-order valence-electron chi connectivity index (χ0n) is 11.7. The van der Waals surface area contributed by atoms with Crippen molar-refractivity contribution in [2.75, 3.05) is 7.11 Å². The lowest BCUT2D eigenvalue weighted by Crippen LogP contribution is -2.50. The first-order valence-electron chi connectivity index (χ1n) is 7.31. The third kappa shape index (κ3) is 2.57. The highest BCUT2D eigenvalue weighted by molar-refractivity contribution is 5.98. The van der Waals surface area contributed by atoms with Gasteiger partial charge in [0.1, 0.15) is 11.6 Å². The number of rotatable bonds is 3. The zero-order valence-corrected chi connectivity index (χ0v) is 11.7. The molecule has 2 aliphatic rings. The molecule has 0 amide bonds. The number of ether oxygens (including phenoxy) is 1. The fourth-order valence-corrected chi connectivity index (χ4v) is 3.52. The molecule has 1 aromatic rings. The van der Waals surface area contributed by atoms with Crippen LogP contribution in [0.1, 0.15) is 42.5 Å². The molecule has 4 heteroatoms. The van der Waals surface area contributed by atoms with Gasteiger partial charge in [0.2, 0.25) is 0 Å². The van der Waals surface area contributed by atoms with Crippen molar-refractivity contribution >= 4 is 5.78 Å². The van der Waals surface area contributed by atoms with Crippen LogP contribution >= 0.6 is 0 Å². The van der Waals surface area contributed by atoms with Gasteiger partial charge in [0.05, 0.1) is 12.7 Å². The Labute approximate surface area is 118 Å². The Morgan fingerprint density at radius 3 is 2.60 bits per heavy atom. The van der Waals surface area contributed by atoms with Gasteiger partial charge < -0.3 is 10.1 Å². The van der Waals surface area contributed by atoms with Crippen LogP contribution in [0.5, 0.6) is 5.75 Å². The molecule has 20 heavy (non-hydrogen) atoms. The summed E-state index contributed by atoms with van der Waals surface area (Å²) in [7, 11) is 1.49. The molecule has 2 unspecified atom stereocenters. The van der Waals surface area contributed by atoms with E-state index >= 15 is 0 Å².